The van der Waals surface area contributed by atoms with E-state index >= 15 is 0 Å². The number of hydrogen-bond acceptors (Lipinski definition) is 6. The molecular weight excluding hydrogens is 413 g/mol. The highest BCUT2D eigenvalue weighted by molar-refractivity contribution is 7.18. The molecular formula is C18H22ClF3N4OS. The molecule has 0 aliphatic carbocycles. The van der Waals surface area contributed by atoms with E-state index < -0.39 is 12.7 Å². The standard InChI is InChI=1S/C18H22ClF3N4OS/c19-17-23-15(26-5-7-27-8-6-26)14-10-13(28-16(14)24-17)9-12-1-3-25(4-2-12)11-18(20,21)22/h10,12H,1-9,11H2. The molecule has 0 spiro atoms. The Labute approximate surface area is 170 Å². The summed E-state index contributed by atoms with van der Waals surface area (Å²) in [6.45, 7) is 3.06. The third kappa shape index (κ3) is 4.87. The van der Waals surface area contributed by atoms with Gasteiger partial charge in [0.1, 0.15) is 10.6 Å². The monoisotopic (exact) mass is 434 g/mol. The van der Waals surface area contributed by atoms with Gasteiger partial charge >= 0.3 is 6.18 Å². The number of hydrogen-bond donors (Lipinski definition) is 0. The van der Waals surface area contributed by atoms with Crippen LogP contribution in [0.2, 0.25) is 5.28 Å². The summed E-state index contributed by atoms with van der Waals surface area (Å²) in [6.07, 6.45) is -1.69. The van der Waals surface area contributed by atoms with E-state index in [1.807, 2.05) is 0 Å². The van der Waals surface area contributed by atoms with Crippen molar-refractivity contribution in [3.8, 4) is 0 Å². The number of rotatable bonds is 4. The Kier molecular flexibility index (Phi) is 5.96. The van der Waals surface area contributed by atoms with Gasteiger partial charge in [0.2, 0.25) is 5.28 Å². The highest BCUT2D eigenvalue weighted by Gasteiger charge is 2.32. The minimum Gasteiger partial charge on any atom is -0.378 e. The predicted molar refractivity (Wildman–Crippen MR) is 104 cm³/mol. The van der Waals surface area contributed by atoms with Crippen molar-refractivity contribution in [2.75, 3.05) is 50.8 Å². The maximum Gasteiger partial charge on any atom is 0.401 e. The Balaban J connectivity index is 1.45. The van der Waals surface area contributed by atoms with Gasteiger partial charge in [-0.3, -0.25) is 4.90 Å². The van der Waals surface area contributed by atoms with Gasteiger partial charge in [-0.25, -0.2) is 4.98 Å². The van der Waals surface area contributed by atoms with E-state index in [-0.39, 0.29) is 5.28 Å². The normalized spacial score (nSPS) is 20.2. The topological polar surface area (TPSA) is 41.5 Å². The second-order valence-electron chi connectivity index (χ2n) is 7.39. The fourth-order valence-corrected chi connectivity index (χ4v) is 5.29. The Morgan fingerprint density at radius 2 is 1.86 bits per heavy atom. The van der Waals surface area contributed by atoms with Crippen LogP contribution in [0, 0.1) is 5.92 Å². The van der Waals surface area contributed by atoms with Crippen LogP contribution in [0.25, 0.3) is 10.2 Å². The highest BCUT2D eigenvalue weighted by Crippen LogP contribution is 2.35. The molecule has 0 bridgehead atoms. The Morgan fingerprint density at radius 3 is 2.54 bits per heavy atom. The van der Waals surface area contributed by atoms with Gasteiger partial charge in [0.05, 0.1) is 25.1 Å². The molecule has 2 fully saturated rings. The number of nitrogens with zero attached hydrogens (tertiary/aromatic N) is 4. The molecule has 0 radical (unpaired) electrons. The lowest BCUT2D eigenvalue weighted by atomic mass is 9.93. The first-order valence-corrected chi connectivity index (χ1v) is 10.6. The minimum atomic E-state index is -4.12. The van der Waals surface area contributed by atoms with Crippen LogP contribution in [0.1, 0.15) is 17.7 Å². The van der Waals surface area contributed by atoms with Gasteiger partial charge < -0.3 is 9.64 Å². The van der Waals surface area contributed by atoms with Crippen molar-refractivity contribution in [2.45, 2.75) is 25.4 Å². The lowest BCUT2D eigenvalue weighted by Crippen LogP contribution is -2.40. The Bertz CT molecular complexity index is 817. The summed E-state index contributed by atoms with van der Waals surface area (Å²) in [5.74, 6) is 1.24. The van der Waals surface area contributed by atoms with Gasteiger partial charge in [-0.05, 0) is 55.9 Å². The zero-order valence-corrected chi connectivity index (χ0v) is 16.9. The molecule has 154 valence electrons. The maximum absolute atomic E-state index is 12.6. The van der Waals surface area contributed by atoms with Crippen LogP contribution in [-0.2, 0) is 11.2 Å². The maximum atomic E-state index is 12.6. The molecule has 2 aliphatic rings. The lowest BCUT2D eigenvalue weighted by molar-refractivity contribution is -0.148. The number of alkyl halides is 3. The van der Waals surface area contributed by atoms with E-state index in [1.54, 1.807) is 11.3 Å². The quantitative estimate of drug-likeness (QED) is 0.680. The van der Waals surface area contributed by atoms with Crippen molar-refractivity contribution >= 4 is 39.0 Å². The Hall–Kier alpha value is -1.16. The fourth-order valence-electron chi connectivity index (χ4n) is 3.93. The van der Waals surface area contributed by atoms with E-state index in [0.29, 0.717) is 32.2 Å². The molecule has 5 nitrogen and oxygen atoms in total. The highest BCUT2D eigenvalue weighted by atomic mass is 35.5. The number of anilines is 1. The molecule has 0 saturated carbocycles. The molecule has 28 heavy (non-hydrogen) atoms. The molecule has 0 unspecified atom stereocenters. The third-order valence-electron chi connectivity index (χ3n) is 5.31. The summed E-state index contributed by atoms with van der Waals surface area (Å²) in [7, 11) is 0. The van der Waals surface area contributed by atoms with Gasteiger partial charge in [-0.2, -0.15) is 18.2 Å². The largest absolute Gasteiger partial charge is 0.401 e. The van der Waals surface area contributed by atoms with Gasteiger partial charge in [-0.1, -0.05) is 0 Å². The average Bonchev–Trinajstić information content (AvgIpc) is 3.04. The zero-order chi connectivity index (χ0) is 19.7. The predicted octanol–water partition coefficient (Wildman–Crippen LogP) is 4.00. The van der Waals surface area contributed by atoms with Crippen molar-refractivity contribution in [1.29, 1.82) is 0 Å². The SMILES string of the molecule is FC(F)(F)CN1CCC(Cc2cc3c(N4CCOCC4)nc(Cl)nc3s2)CC1. The molecule has 10 heteroatoms. The lowest BCUT2D eigenvalue weighted by Gasteiger charge is -2.32. The number of likely N-dealkylation sites (tertiary alicyclic amines) is 1. The van der Waals surface area contributed by atoms with Crippen LogP contribution in [-0.4, -0.2) is 67.0 Å². The van der Waals surface area contributed by atoms with Crippen molar-refractivity contribution in [3.05, 3.63) is 16.2 Å². The first-order chi connectivity index (χ1) is 13.4. The van der Waals surface area contributed by atoms with E-state index in [1.165, 1.54) is 9.78 Å². The van der Waals surface area contributed by atoms with Crippen LogP contribution in [0.4, 0.5) is 19.0 Å². The van der Waals surface area contributed by atoms with E-state index in [4.69, 9.17) is 16.3 Å². The van der Waals surface area contributed by atoms with E-state index in [0.717, 1.165) is 48.4 Å². The molecule has 0 aromatic carbocycles. The van der Waals surface area contributed by atoms with Gasteiger partial charge in [0.25, 0.3) is 0 Å². The number of ether oxygens (including phenoxy) is 1. The number of piperidine rings is 1. The molecule has 2 aromatic heterocycles. The average molecular weight is 435 g/mol. The molecule has 2 saturated heterocycles. The summed E-state index contributed by atoms with van der Waals surface area (Å²) in [5, 5.41) is 1.24. The van der Waals surface area contributed by atoms with Crippen LogP contribution in [0.3, 0.4) is 0 Å². The molecule has 2 aromatic rings. The number of halogens is 4. The molecule has 4 heterocycles. The first kappa shape index (κ1) is 20.1. The van der Waals surface area contributed by atoms with Crippen LogP contribution < -0.4 is 4.90 Å². The Morgan fingerprint density at radius 1 is 1.14 bits per heavy atom. The number of thiophene rings is 1. The van der Waals surface area contributed by atoms with Crippen LogP contribution >= 0.6 is 22.9 Å². The number of aromatic nitrogens is 2. The molecule has 0 N–H and O–H groups in total. The number of morpholine rings is 1. The third-order valence-corrected chi connectivity index (χ3v) is 6.53. The minimum absolute atomic E-state index is 0.239. The van der Waals surface area contributed by atoms with Gasteiger partial charge in [0, 0.05) is 18.0 Å². The molecule has 2 aliphatic heterocycles. The summed E-state index contributed by atoms with van der Waals surface area (Å²) >= 11 is 7.75. The van der Waals surface area contributed by atoms with Gasteiger partial charge in [-0.15, -0.1) is 11.3 Å². The van der Waals surface area contributed by atoms with Crippen molar-refractivity contribution in [2.24, 2.45) is 5.92 Å². The molecule has 0 atom stereocenters. The zero-order valence-electron chi connectivity index (χ0n) is 15.3. The van der Waals surface area contributed by atoms with Crippen molar-refractivity contribution in [3.63, 3.8) is 0 Å². The summed E-state index contributed by atoms with van der Waals surface area (Å²) < 4.78 is 43.1. The molecule has 0 amide bonds. The summed E-state index contributed by atoms with van der Waals surface area (Å²) in [6, 6.07) is 2.13. The second-order valence-corrected chi connectivity index (χ2v) is 8.84. The first-order valence-electron chi connectivity index (χ1n) is 9.45. The fraction of sp³-hybridized carbons (Fsp3) is 0.667. The second kappa shape index (κ2) is 8.30. The number of fused-ring (bicyclic) bond motifs is 1. The summed E-state index contributed by atoms with van der Waals surface area (Å²) in [5.41, 5.74) is 0. The smallest absolute Gasteiger partial charge is 0.378 e. The van der Waals surface area contributed by atoms with E-state index in [2.05, 4.69) is 20.9 Å². The van der Waals surface area contributed by atoms with Crippen LogP contribution in [0.15, 0.2) is 6.07 Å². The van der Waals surface area contributed by atoms with Gasteiger partial charge in [0.15, 0.2) is 0 Å². The van der Waals surface area contributed by atoms with Crippen molar-refractivity contribution < 1.29 is 17.9 Å². The van der Waals surface area contributed by atoms with Crippen LogP contribution in [0.5, 0.6) is 0 Å². The molecule has 4 rings (SSSR count). The van der Waals surface area contributed by atoms with E-state index in [9.17, 15) is 13.2 Å². The summed E-state index contributed by atoms with van der Waals surface area (Å²) in [4.78, 5) is 14.6. The van der Waals surface area contributed by atoms with Crippen molar-refractivity contribution in [1.82, 2.24) is 14.9 Å².